The lowest BCUT2D eigenvalue weighted by atomic mass is 10.1. The highest BCUT2D eigenvalue weighted by molar-refractivity contribution is 5.94. The molecular formula is C15H18N4O. The molecule has 0 fully saturated rings. The van der Waals surface area contributed by atoms with Crippen LogP contribution in [0, 0.1) is 6.92 Å². The third-order valence-electron chi connectivity index (χ3n) is 2.85. The Morgan fingerprint density at radius 1 is 1.15 bits per heavy atom. The smallest absolute Gasteiger partial charge is 0.251 e. The van der Waals surface area contributed by atoms with Crippen molar-refractivity contribution in [1.29, 1.82) is 0 Å². The van der Waals surface area contributed by atoms with Crippen LogP contribution in [0.4, 0.5) is 0 Å². The summed E-state index contributed by atoms with van der Waals surface area (Å²) in [5.41, 5.74) is 2.77. The molecule has 5 heteroatoms. The summed E-state index contributed by atoms with van der Waals surface area (Å²) in [6.45, 7) is 3.95. The molecule has 5 nitrogen and oxygen atoms in total. The maximum Gasteiger partial charge on any atom is 0.251 e. The van der Waals surface area contributed by atoms with Gasteiger partial charge in [0.25, 0.3) is 5.91 Å². The lowest BCUT2D eigenvalue weighted by molar-refractivity contribution is 0.0954. The van der Waals surface area contributed by atoms with Gasteiger partial charge in [-0.05, 0) is 25.1 Å². The maximum atomic E-state index is 11.8. The Labute approximate surface area is 118 Å². The van der Waals surface area contributed by atoms with E-state index in [9.17, 15) is 4.79 Å². The van der Waals surface area contributed by atoms with Gasteiger partial charge in [0.2, 0.25) is 0 Å². The molecule has 0 aliphatic rings. The van der Waals surface area contributed by atoms with Crippen LogP contribution in [0.1, 0.15) is 21.6 Å². The summed E-state index contributed by atoms with van der Waals surface area (Å²) in [6, 6.07) is 9.39. The molecule has 0 bridgehead atoms. The fourth-order valence-corrected chi connectivity index (χ4v) is 1.71. The van der Waals surface area contributed by atoms with E-state index >= 15 is 0 Å². The normalized spacial score (nSPS) is 10.2. The molecule has 0 radical (unpaired) electrons. The predicted molar refractivity (Wildman–Crippen MR) is 77.3 cm³/mol. The second kappa shape index (κ2) is 7.35. The van der Waals surface area contributed by atoms with E-state index in [4.69, 9.17) is 0 Å². The first-order valence-corrected chi connectivity index (χ1v) is 6.56. The minimum atomic E-state index is -0.0474. The average molecular weight is 270 g/mol. The quantitative estimate of drug-likeness (QED) is 0.777. The molecule has 2 aromatic rings. The number of nitrogens with zero attached hydrogens (tertiary/aromatic N) is 2. The fraction of sp³-hybridized carbons (Fsp3) is 0.267. The van der Waals surface area contributed by atoms with Crippen molar-refractivity contribution < 1.29 is 4.79 Å². The van der Waals surface area contributed by atoms with Gasteiger partial charge in [0.1, 0.15) is 6.33 Å². The number of nitrogens with one attached hydrogen (secondary N) is 2. The Balaban J connectivity index is 1.66. The van der Waals surface area contributed by atoms with Crippen LogP contribution >= 0.6 is 0 Å². The zero-order valence-corrected chi connectivity index (χ0v) is 11.5. The highest BCUT2D eigenvalue weighted by Crippen LogP contribution is 2.02. The van der Waals surface area contributed by atoms with Crippen molar-refractivity contribution in [2.75, 3.05) is 13.1 Å². The predicted octanol–water partition coefficient (Wildman–Crippen LogP) is 1.30. The Morgan fingerprint density at radius 2 is 1.95 bits per heavy atom. The molecule has 0 aliphatic heterocycles. The number of aromatic nitrogens is 2. The monoisotopic (exact) mass is 270 g/mol. The van der Waals surface area contributed by atoms with E-state index in [2.05, 4.69) is 20.6 Å². The van der Waals surface area contributed by atoms with Gasteiger partial charge in [0, 0.05) is 31.4 Å². The number of aryl methyl sites for hydroxylation is 1. The van der Waals surface area contributed by atoms with Crippen molar-refractivity contribution >= 4 is 5.91 Å². The number of amides is 1. The number of carbonyl (C=O) groups is 1. The van der Waals surface area contributed by atoms with Crippen LogP contribution in [0.5, 0.6) is 0 Å². The number of hydrogen-bond donors (Lipinski definition) is 2. The Bertz CT molecular complexity index is 540. The molecule has 2 rings (SSSR count). The molecule has 104 valence electrons. The summed E-state index contributed by atoms with van der Waals surface area (Å²) in [4.78, 5) is 19.8. The first-order chi connectivity index (χ1) is 9.75. The zero-order valence-electron chi connectivity index (χ0n) is 11.5. The molecule has 0 saturated carbocycles. The van der Waals surface area contributed by atoms with E-state index < -0.39 is 0 Å². The van der Waals surface area contributed by atoms with Crippen LogP contribution in [-0.4, -0.2) is 29.0 Å². The van der Waals surface area contributed by atoms with Crippen molar-refractivity contribution in [2.45, 2.75) is 13.5 Å². The number of carbonyl (C=O) groups excluding carboxylic acids is 1. The Morgan fingerprint density at radius 3 is 2.65 bits per heavy atom. The van der Waals surface area contributed by atoms with E-state index in [1.54, 1.807) is 6.20 Å². The topological polar surface area (TPSA) is 66.9 Å². The first-order valence-electron chi connectivity index (χ1n) is 6.56. The maximum absolute atomic E-state index is 11.8. The Kier molecular flexibility index (Phi) is 5.20. The van der Waals surface area contributed by atoms with E-state index in [1.165, 1.54) is 6.33 Å². The third kappa shape index (κ3) is 4.44. The van der Waals surface area contributed by atoms with Crippen LogP contribution in [-0.2, 0) is 6.54 Å². The zero-order chi connectivity index (χ0) is 14.2. The van der Waals surface area contributed by atoms with Gasteiger partial charge in [-0.2, -0.15) is 0 Å². The van der Waals surface area contributed by atoms with Gasteiger partial charge in [-0.1, -0.05) is 17.7 Å². The van der Waals surface area contributed by atoms with Gasteiger partial charge < -0.3 is 10.6 Å². The summed E-state index contributed by atoms with van der Waals surface area (Å²) in [7, 11) is 0. The third-order valence-corrected chi connectivity index (χ3v) is 2.85. The van der Waals surface area contributed by atoms with Crippen LogP contribution in [0.25, 0.3) is 0 Å². The molecule has 1 heterocycles. The summed E-state index contributed by atoms with van der Waals surface area (Å²) >= 11 is 0. The van der Waals surface area contributed by atoms with E-state index in [0.717, 1.165) is 11.3 Å². The van der Waals surface area contributed by atoms with E-state index in [-0.39, 0.29) is 5.91 Å². The molecule has 0 aliphatic carbocycles. The van der Waals surface area contributed by atoms with Gasteiger partial charge >= 0.3 is 0 Å². The SMILES string of the molecule is Cc1ccc(C(=O)NCCNCc2ccncn2)cc1. The average Bonchev–Trinajstić information content (AvgIpc) is 2.48. The van der Waals surface area contributed by atoms with Gasteiger partial charge in [0.05, 0.1) is 5.69 Å². The summed E-state index contributed by atoms with van der Waals surface area (Å²) in [6.07, 6.45) is 3.24. The summed E-state index contributed by atoms with van der Waals surface area (Å²) in [5.74, 6) is -0.0474. The van der Waals surface area contributed by atoms with Crippen LogP contribution < -0.4 is 10.6 Å². The van der Waals surface area contributed by atoms with Crippen molar-refractivity contribution in [3.8, 4) is 0 Å². The van der Waals surface area contributed by atoms with E-state index in [1.807, 2.05) is 37.3 Å². The van der Waals surface area contributed by atoms with Gasteiger partial charge in [-0.25, -0.2) is 9.97 Å². The van der Waals surface area contributed by atoms with Crippen molar-refractivity contribution in [3.05, 3.63) is 59.7 Å². The molecular weight excluding hydrogens is 252 g/mol. The lowest BCUT2D eigenvalue weighted by Crippen LogP contribution is -2.31. The number of benzene rings is 1. The molecule has 0 saturated heterocycles. The van der Waals surface area contributed by atoms with Gasteiger partial charge in [-0.15, -0.1) is 0 Å². The summed E-state index contributed by atoms with van der Waals surface area (Å²) < 4.78 is 0. The standard InChI is InChI=1S/C15H18N4O/c1-12-2-4-13(5-3-12)15(20)18-9-8-16-10-14-6-7-17-11-19-14/h2-7,11,16H,8-10H2,1H3,(H,18,20). The van der Waals surface area contributed by atoms with Gasteiger partial charge in [-0.3, -0.25) is 4.79 Å². The molecule has 20 heavy (non-hydrogen) atoms. The van der Waals surface area contributed by atoms with Crippen molar-refractivity contribution in [2.24, 2.45) is 0 Å². The fourth-order valence-electron chi connectivity index (χ4n) is 1.71. The highest BCUT2D eigenvalue weighted by Gasteiger charge is 2.03. The van der Waals surface area contributed by atoms with E-state index in [0.29, 0.717) is 25.2 Å². The highest BCUT2D eigenvalue weighted by atomic mass is 16.1. The first kappa shape index (κ1) is 14.1. The molecule has 1 aromatic heterocycles. The number of rotatable bonds is 6. The number of hydrogen-bond acceptors (Lipinski definition) is 4. The summed E-state index contributed by atoms with van der Waals surface area (Å²) in [5, 5.41) is 6.08. The second-order valence-electron chi connectivity index (χ2n) is 4.50. The van der Waals surface area contributed by atoms with Crippen molar-refractivity contribution in [1.82, 2.24) is 20.6 Å². The molecule has 1 aromatic carbocycles. The minimum Gasteiger partial charge on any atom is -0.351 e. The Hall–Kier alpha value is -2.27. The molecule has 0 atom stereocenters. The minimum absolute atomic E-state index is 0.0474. The van der Waals surface area contributed by atoms with Gasteiger partial charge in [0.15, 0.2) is 0 Å². The molecule has 1 amide bonds. The van der Waals surface area contributed by atoms with Crippen LogP contribution in [0.15, 0.2) is 42.9 Å². The largest absolute Gasteiger partial charge is 0.351 e. The second-order valence-corrected chi connectivity index (χ2v) is 4.50. The lowest BCUT2D eigenvalue weighted by Gasteiger charge is -2.07. The molecule has 0 spiro atoms. The van der Waals surface area contributed by atoms with Crippen molar-refractivity contribution in [3.63, 3.8) is 0 Å². The van der Waals surface area contributed by atoms with Crippen LogP contribution in [0.2, 0.25) is 0 Å². The molecule has 0 unspecified atom stereocenters. The molecule has 2 N–H and O–H groups in total. The van der Waals surface area contributed by atoms with Crippen LogP contribution in [0.3, 0.4) is 0 Å².